The molecular formula is C12H16N4O3. The number of hydrogen-bond acceptors (Lipinski definition) is 5. The first-order valence-corrected chi connectivity index (χ1v) is 6.02. The zero-order valence-corrected chi connectivity index (χ0v) is 10.6. The van der Waals surface area contributed by atoms with Gasteiger partial charge in [0, 0.05) is 37.0 Å². The van der Waals surface area contributed by atoms with Gasteiger partial charge in [-0.3, -0.25) is 14.9 Å². The summed E-state index contributed by atoms with van der Waals surface area (Å²) in [5, 5.41) is 14.0. The van der Waals surface area contributed by atoms with Crippen LogP contribution in [0, 0.1) is 17.0 Å². The summed E-state index contributed by atoms with van der Waals surface area (Å²) in [6.45, 7) is 3.45. The summed E-state index contributed by atoms with van der Waals surface area (Å²) in [6, 6.07) is 4.49. The highest BCUT2D eigenvalue weighted by atomic mass is 16.6. The average Bonchev–Trinajstić information content (AvgIpc) is 2.39. The van der Waals surface area contributed by atoms with Crippen LogP contribution in [0.3, 0.4) is 0 Å². The van der Waals surface area contributed by atoms with Gasteiger partial charge in [-0.15, -0.1) is 0 Å². The summed E-state index contributed by atoms with van der Waals surface area (Å²) in [5.74, 6) is -0.435. The molecule has 1 aromatic rings. The highest BCUT2D eigenvalue weighted by molar-refractivity contribution is 5.84. The summed E-state index contributed by atoms with van der Waals surface area (Å²) >= 11 is 0. The maximum atomic E-state index is 11.4. The number of nitro benzene ring substituents is 1. The summed E-state index contributed by atoms with van der Waals surface area (Å²) in [4.78, 5) is 23.8. The van der Waals surface area contributed by atoms with E-state index >= 15 is 0 Å². The number of primary amides is 1. The SMILES string of the molecule is Cc1ccc(N2CCNCC2C(N)=O)cc1[N+](=O)[O-]. The number of nitrogens with two attached hydrogens (primary N) is 1. The molecule has 0 bridgehead atoms. The Bertz CT molecular complexity index is 518. The molecule has 0 aliphatic carbocycles. The fraction of sp³-hybridized carbons (Fsp3) is 0.417. The summed E-state index contributed by atoms with van der Waals surface area (Å²) in [6.07, 6.45) is 0. The number of carbonyl (C=O) groups is 1. The Hall–Kier alpha value is -2.15. The normalized spacial score (nSPS) is 19.2. The molecule has 0 radical (unpaired) electrons. The van der Waals surface area contributed by atoms with Crippen molar-refractivity contribution in [3.63, 3.8) is 0 Å². The number of amides is 1. The van der Waals surface area contributed by atoms with Crippen LogP contribution < -0.4 is 16.0 Å². The molecule has 0 aromatic heterocycles. The monoisotopic (exact) mass is 264 g/mol. The molecule has 7 heteroatoms. The van der Waals surface area contributed by atoms with Crippen molar-refractivity contribution in [1.29, 1.82) is 0 Å². The van der Waals surface area contributed by atoms with Gasteiger partial charge in [-0.25, -0.2) is 0 Å². The second-order valence-corrected chi connectivity index (χ2v) is 4.54. The molecule has 1 atom stereocenters. The number of carbonyl (C=O) groups excluding carboxylic acids is 1. The van der Waals surface area contributed by atoms with E-state index in [1.165, 1.54) is 6.07 Å². The van der Waals surface area contributed by atoms with Crippen molar-refractivity contribution in [2.24, 2.45) is 5.73 Å². The molecule has 0 spiro atoms. The van der Waals surface area contributed by atoms with Crippen LogP contribution in [0.15, 0.2) is 18.2 Å². The van der Waals surface area contributed by atoms with E-state index in [0.717, 1.165) is 0 Å². The molecule has 19 heavy (non-hydrogen) atoms. The largest absolute Gasteiger partial charge is 0.368 e. The smallest absolute Gasteiger partial charge is 0.274 e. The van der Waals surface area contributed by atoms with Crippen LogP contribution in [0.2, 0.25) is 0 Å². The lowest BCUT2D eigenvalue weighted by Gasteiger charge is -2.35. The zero-order valence-electron chi connectivity index (χ0n) is 10.6. The van der Waals surface area contributed by atoms with Crippen LogP contribution >= 0.6 is 0 Å². The lowest BCUT2D eigenvalue weighted by Crippen LogP contribution is -2.57. The molecule has 1 fully saturated rings. The van der Waals surface area contributed by atoms with Gasteiger partial charge in [0.05, 0.1) is 4.92 Å². The second-order valence-electron chi connectivity index (χ2n) is 4.54. The molecule has 1 saturated heterocycles. The first-order chi connectivity index (χ1) is 9.00. The van der Waals surface area contributed by atoms with Crippen molar-refractivity contribution in [2.75, 3.05) is 24.5 Å². The predicted molar refractivity (Wildman–Crippen MR) is 71.0 cm³/mol. The minimum Gasteiger partial charge on any atom is -0.368 e. The second kappa shape index (κ2) is 5.23. The molecule has 7 nitrogen and oxygen atoms in total. The molecule has 3 N–H and O–H groups in total. The van der Waals surface area contributed by atoms with Gasteiger partial charge in [0.15, 0.2) is 0 Å². The van der Waals surface area contributed by atoms with Crippen molar-refractivity contribution >= 4 is 17.3 Å². The Morgan fingerprint density at radius 1 is 1.58 bits per heavy atom. The fourth-order valence-electron chi connectivity index (χ4n) is 2.24. The molecule has 1 heterocycles. The van der Waals surface area contributed by atoms with Gasteiger partial charge in [0.1, 0.15) is 6.04 Å². The van der Waals surface area contributed by atoms with Crippen LogP contribution in [0.1, 0.15) is 5.56 Å². The predicted octanol–water partition coefficient (Wildman–Crippen LogP) is 0.167. The molecule has 102 valence electrons. The van der Waals surface area contributed by atoms with Gasteiger partial charge in [-0.1, -0.05) is 6.07 Å². The van der Waals surface area contributed by atoms with Gasteiger partial charge in [-0.05, 0) is 13.0 Å². The lowest BCUT2D eigenvalue weighted by molar-refractivity contribution is -0.385. The quantitative estimate of drug-likeness (QED) is 0.598. The van der Waals surface area contributed by atoms with E-state index < -0.39 is 16.9 Å². The third-order valence-corrected chi connectivity index (χ3v) is 3.29. The Morgan fingerprint density at radius 3 is 2.95 bits per heavy atom. The van der Waals surface area contributed by atoms with E-state index in [4.69, 9.17) is 5.73 Å². The lowest BCUT2D eigenvalue weighted by atomic mass is 10.1. The molecule has 1 aliphatic rings. The van der Waals surface area contributed by atoms with Crippen LogP contribution in [-0.4, -0.2) is 36.5 Å². The number of benzene rings is 1. The van der Waals surface area contributed by atoms with E-state index in [1.807, 2.05) is 4.90 Å². The van der Waals surface area contributed by atoms with Gasteiger partial charge in [-0.2, -0.15) is 0 Å². The average molecular weight is 264 g/mol. The van der Waals surface area contributed by atoms with Crippen molar-refractivity contribution in [3.05, 3.63) is 33.9 Å². The van der Waals surface area contributed by atoms with Gasteiger partial charge in [0.2, 0.25) is 5.91 Å². The van der Waals surface area contributed by atoms with Crippen LogP contribution in [0.5, 0.6) is 0 Å². The van der Waals surface area contributed by atoms with Gasteiger partial charge in [0.25, 0.3) is 5.69 Å². The number of nitro groups is 1. The highest BCUT2D eigenvalue weighted by Gasteiger charge is 2.28. The van der Waals surface area contributed by atoms with E-state index in [1.54, 1.807) is 19.1 Å². The van der Waals surface area contributed by atoms with Crippen LogP contribution in [0.25, 0.3) is 0 Å². The van der Waals surface area contributed by atoms with Crippen LogP contribution in [-0.2, 0) is 4.79 Å². The molecule has 1 unspecified atom stereocenters. The Kier molecular flexibility index (Phi) is 3.66. The maximum absolute atomic E-state index is 11.4. The topological polar surface area (TPSA) is 102 Å². The molecule has 1 aliphatic heterocycles. The number of nitrogens with zero attached hydrogens (tertiary/aromatic N) is 2. The first-order valence-electron chi connectivity index (χ1n) is 6.02. The van der Waals surface area contributed by atoms with Crippen molar-refractivity contribution in [1.82, 2.24) is 5.32 Å². The maximum Gasteiger partial charge on any atom is 0.274 e. The van der Waals surface area contributed by atoms with Gasteiger partial charge < -0.3 is 16.0 Å². The van der Waals surface area contributed by atoms with E-state index in [0.29, 0.717) is 30.9 Å². The van der Waals surface area contributed by atoms with E-state index in [-0.39, 0.29) is 5.69 Å². The Labute approximate surface area is 110 Å². The van der Waals surface area contributed by atoms with Crippen molar-refractivity contribution in [3.8, 4) is 0 Å². The summed E-state index contributed by atoms with van der Waals surface area (Å²) in [5.41, 5.74) is 6.68. The van der Waals surface area contributed by atoms with Gasteiger partial charge >= 0.3 is 0 Å². The molecular weight excluding hydrogens is 248 g/mol. The summed E-state index contributed by atoms with van der Waals surface area (Å²) < 4.78 is 0. The Balaban J connectivity index is 2.36. The number of anilines is 1. The summed E-state index contributed by atoms with van der Waals surface area (Å²) in [7, 11) is 0. The molecule has 1 aromatic carbocycles. The highest BCUT2D eigenvalue weighted by Crippen LogP contribution is 2.26. The van der Waals surface area contributed by atoms with Crippen LogP contribution in [0.4, 0.5) is 11.4 Å². The Morgan fingerprint density at radius 2 is 2.32 bits per heavy atom. The molecule has 1 amide bonds. The van der Waals surface area contributed by atoms with Crippen molar-refractivity contribution in [2.45, 2.75) is 13.0 Å². The number of nitrogens with one attached hydrogen (secondary N) is 1. The minimum atomic E-state index is -0.476. The number of hydrogen-bond donors (Lipinski definition) is 2. The molecule has 2 rings (SSSR count). The third-order valence-electron chi connectivity index (χ3n) is 3.29. The number of rotatable bonds is 3. The van der Waals surface area contributed by atoms with E-state index in [9.17, 15) is 14.9 Å². The number of piperazine rings is 1. The van der Waals surface area contributed by atoms with Crippen molar-refractivity contribution < 1.29 is 9.72 Å². The standard InChI is InChI=1S/C12H16N4O3/c1-8-2-3-9(6-10(8)16(18)19)15-5-4-14-7-11(15)12(13)17/h2-3,6,11,14H,4-5,7H2,1H3,(H2,13,17). The third kappa shape index (κ3) is 2.65. The number of aryl methyl sites for hydroxylation is 1. The minimum absolute atomic E-state index is 0.0549. The molecule has 0 saturated carbocycles. The fourth-order valence-corrected chi connectivity index (χ4v) is 2.24. The van der Waals surface area contributed by atoms with E-state index in [2.05, 4.69) is 5.32 Å². The first kappa shape index (κ1) is 13.3. The zero-order chi connectivity index (χ0) is 14.0.